The van der Waals surface area contributed by atoms with Crippen LogP contribution in [0.2, 0.25) is 5.02 Å². The molecule has 1 aromatic heterocycles. The highest BCUT2D eigenvalue weighted by Gasteiger charge is 2.11. The first-order valence-electron chi connectivity index (χ1n) is 5.24. The molecule has 3 nitrogen and oxygen atoms in total. The van der Waals surface area contributed by atoms with Gasteiger partial charge in [-0.2, -0.15) is 0 Å². The zero-order valence-electron chi connectivity index (χ0n) is 9.61. The molecular formula is C12H11ClN2OS2. The summed E-state index contributed by atoms with van der Waals surface area (Å²) < 4.78 is 0. The number of halogens is 1. The van der Waals surface area contributed by atoms with Gasteiger partial charge in [-0.15, -0.1) is 24.0 Å². The van der Waals surface area contributed by atoms with E-state index < -0.39 is 0 Å². The lowest BCUT2D eigenvalue weighted by atomic mass is 10.2. The van der Waals surface area contributed by atoms with Crippen LogP contribution in [-0.4, -0.2) is 10.9 Å². The number of thiazole rings is 1. The smallest absolute Gasteiger partial charge is 0.253 e. The van der Waals surface area contributed by atoms with Crippen LogP contribution in [0.1, 0.15) is 21.1 Å². The van der Waals surface area contributed by atoms with E-state index in [1.165, 1.54) is 11.3 Å². The molecular weight excluding hydrogens is 288 g/mol. The van der Waals surface area contributed by atoms with E-state index >= 15 is 0 Å². The second kappa shape index (κ2) is 5.73. The van der Waals surface area contributed by atoms with E-state index in [1.54, 1.807) is 18.2 Å². The Kier molecular flexibility index (Phi) is 4.27. The molecule has 0 unspecified atom stereocenters. The number of nitrogens with one attached hydrogen (secondary N) is 1. The number of hydrogen-bond donors (Lipinski definition) is 2. The maximum Gasteiger partial charge on any atom is 0.253 e. The zero-order chi connectivity index (χ0) is 13.1. The third-order valence-corrected chi connectivity index (χ3v) is 3.84. The fraction of sp³-hybridized carbons (Fsp3) is 0.167. The first-order chi connectivity index (χ1) is 8.56. The van der Waals surface area contributed by atoms with Crippen LogP contribution in [0.5, 0.6) is 0 Å². The standard InChI is InChI=1S/C12H11ClN2OS2/c1-7-6-18-11(15-7)5-14-12(16)9-4-8(17)2-3-10(9)13/h2-4,6,17H,5H2,1H3,(H,14,16). The van der Waals surface area contributed by atoms with Crippen molar-refractivity contribution in [3.63, 3.8) is 0 Å². The van der Waals surface area contributed by atoms with Crippen molar-refractivity contribution in [1.82, 2.24) is 10.3 Å². The molecule has 1 amide bonds. The van der Waals surface area contributed by atoms with E-state index in [-0.39, 0.29) is 5.91 Å². The molecule has 1 heterocycles. The predicted octanol–water partition coefficient (Wildman–Crippen LogP) is 3.32. The number of thiol groups is 1. The summed E-state index contributed by atoms with van der Waals surface area (Å²) in [7, 11) is 0. The number of amides is 1. The van der Waals surface area contributed by atoms with Crippen molar-refractivity contribution in [2.45, 2.75) is 18.4 Å². The third-order valence-electron chi connectivity index (χ3n) is 2.26. The van der Waals surface area contributed by atoms with Gasteiger partial charge in [-0.05, 0) is 25.1 Å². The molecule has 0 bridgehead atoms. The maximum absolute atomic E-state index is 11.9. The third kappa shape index (κ3) is 3.25. The lowest BCUT2D eigenvalue weighted by Crippen LogP contribution is -2.23. The number of carbonyl (C=O) groups is 1. The Bertz CT molecular complexity index is 583. The second-order valence-electron chi connectivity index (χ2n) is 3.73. The molecule has 0 atom stereocenters. The Morgan fingerprint density at radius 3 is 3.00 bits per heavy atom. The quantitative estimate of drug-likeness (QED) is 0.854. The Morgan fingerprint density at radius 1 is 1.56 bits per heavy atom. The molecule has 0 saturated heterocycles. The molecule has 0 spiro atoms. The molecule has 0 fully saturated rings. The molecule has 0 aliphatic rings. The van der Waals surface area contributed by atoms with Crippen LogP contribution in [0.4, 0.5) is 0 Å². The van der Waals surface area contributed by atoms with Gasteiger partial charge in [-0.25, -0.2) is 4.98 Å². The van der Waals surface area contributed by atoms with Crippen LogP contribution in [0, 0.1) is 6.92 Å². The molecule has 1 N–H and O–H groups in total. The summed E-state index contributed by atoms with van der Waals surface area (Å²) in [5, 5.41) is 6.03. The highest BCUT2D eigenvalue weighted by molar-refractivity contribution is 7.80. The van der Waals surface area contributed by atoms with Crippen LogP contribution in [0.25, 0.3) is 0 Å². The van der Waals surface area contributed by atoms with Crippen LogP contribution >= 0.6 is 35.6 Å². The number of nitrogens with zero attached hydrogens (tertiary/aromatic N) is 1. The molecule has 0 aliphatic carbocycles. The number of benzene rings is 1. The number of aromatic nitrogens is 1. The molecule has 2 rings (SSSR count). The molecule has 18 heavy (non-hydrogen) atoms. The van der Waals surface area contributed by atoms with Crippen LogP contribution in [0.15, 0.2) is 28.5 Å². The normalized spacial score (nSPS) is 10.4. The van der Waals surface area contributed by atoms with E-state index in [2.05, 4.69) is 22.9 Å². The second-order valence-corrected chi connectivity index (χ2v) is 5.60. The molecule has 2 aromatic rings. The van der Waals surface area contributed by atoms with Gasteiger partial charge in [-0.3, -0.25) is 4.79 Å². The van der Waals surface area contributed by atoms with Gasteiger partial charge in [0.1, 0.15) is 5.01 Å². The minimum Gasteiger partial charge on any atom is -0.345 e. The summed E-state index contributed by atoms with van der Waals surface area (Å²) in [6.45, 7) is 2.33. The van der Waals surface area contributed by atoms with Crippen molar-refractivity contribution in [2.24, 2.45) is 0 Å². The molecule has 1 aromatic carbocycles. The van der Waals surface area contributed by atoms with Crippen molar-refractivity contribution >= 4 is 41.5 Å². The maximum atomic E-state index is 11.9. The summed E-state index contributed by atoms with van der Waals surface area (Å²) in [6.07, 6.45) is 0. The van der Waals surface area contributed by atoms with Gasteiger partial charge in [0.05, 0.1) is 17.1 Å². The summed E-state index contributed by atoms with van der Waals surface area (Å²) in [5.74, 6) is -0.219. The highest BCUT2D eigenvalue weighted by atomic mass is 35.5. The van der Waals surface area contributed by atoms with Gasteiger partial charge < -0.3 is 5.32 Å². The first-order valence-corrected chi connectivity index (χ1v) is 6.94. The van der Waals surface area contributed by atoms with Crippen molar-refractivity contribution in [2.75, 3.05) is 0 Å². The van der Waals surface area contributed by atoms with E-state index in [9.17, 15) is 4.79 Å². The Labute approximate surface area is 120 Å². The van der Waals surface area contributed by atoms with Crippen LogP contribution in [-0.2, 0) is 6.54 Å². The first kappa shape index (κ1) is 13.4. The molecule has 0 aliphatic heterocycles. The molecule has 0 saturated carbocycles. The molecule has 94 valence electrons. The summed E-state index contributed by atoms with van der Waals surface area (Å²) in [6, 6.07) is 5.05. The van der Waals surface area contributed by atoms with Gasteiger partial charge in [0.25, 0.3) is 5.91 Å². The van der Waals surface area contributed by atoms with E-state index in [1.807, 2.05) is 12.3 Å². The zero-order valence-corrected chi connectivity index (χ0v) is 12.1. The summed E-state index contributed by atoms with van der Waals surface area (Å²) >= 11 is 11.7. The number of hydrogen-bond acceptors (Lipinski definition) is 4. The largest absolute Gasteiger partial charge is 0.345 e. The Morgan fingerprint density at radius 2 is 2.33 bits per heavy atom. The van der Waals surface area contributed by atoms with Crippen molar-refractivity contribution in [3.8, 4) is 0 Å². The average Bonchev–Trinajstić information content (AvgIpc) is 2.75. The van der Waals surface area contributed by atoms with E-state index in [0.29, 0.717) is 22.0 Å². The van der Waals surface area contributed by atoms with Crippen molar-refractivity contribution in [1.29, 1.82) is 0 Å². The fourth-order valence-corrected chi connectivity index (χ4v) is 2.54. The lowest BCUT2D eigenvalue weighted by molar-refractivity contribution is 0.0951. The van der Waals surface area contributed by atoms with Gasteiger partial charge in [0.2, 0.25) is 0 Å². The summed E-state index contributed by atoms with van der Waals surface area (Å²) in [5.41, 5.74) is 1.39. The number of carbonyl (C=O) groups excluding carboxylic acids is 1. The minimum absolute atomic E-state index is 0.219. The molecule has 0 radical (unpaired) electrons. The van der Waals surface area contributed by atoms with E-state index in [4.69, 9.17) is 11.6 Å². The SMILES string of the molecule is Cc1csc(CNC(=O)c2cc(S)ccc2Cl)n1. The Hall–Kier alpha value is -1.04. The van der Waals surface area contributed by atoms with Gasteiger partial charge in [0.15, 0.2) is 0 Å². The van der Waals surface area contributed by atoms with Crippen LogP contribution in [0.3, 0.4) is 0 Å². The van der Waals surface area contributed by atoms with Crippen molar-refractivity contribution in [3.05, 3.63) is 44.9 Å². The predicted molar refractivity (Wildman–Crippen MR) is 76.7 cm³/mol. The summed E-state index contributed by atoms with van der Waals surface area (Å²) in [4.78, 5) is 16.9. The number of aryl methyl sites for hydroxylation is 1. The monoisotopic (exact) mass is 298 g/mol. The van der Waals surface area contributed by atoms with E-state index in [0.717, 1.165) is 10.7 Å². The average molecular weight is 299 g/mol. The van der Waals surface area contributed by atoms with Crippen LogP contribution < -0.4 is 5.32 Å². The fourth-order valence-electron chi connectivity index (χ4n) is 1.42. The lowest BCUT2D eigenvalue weighted by Gasteiger charge is -2.05. The van der Waals surface area contributed by atoms with Gasteiger partial charge in [-0.1, -0.05) is 11.6 Å². The van der Waals surface area contributed by atoms with Crippen molar-refractivity contribution < 1.29 is 4.79 Å². The minimum atomic E-state index is -0.219. The highest BCUT2D eigenvalue weighted by Crippen LogP contribution is 2.19. The topological polar surface area (TPSA) is 42.0 Å². The van der Waals surface area contributed by atoms with Gasteiger partial charge in [0, 0.05) is 16.0 Å². The molecule has 6 heteroatoms. The van der Waals surface area contributed by atoms with Gasteiger partial charge >= 0.3 is 0 Å². The number of rotatable bonds is 3. The Balaban J connectivity index is 2.05.